The van der Waals surface area contributed by atoms with E-state index in [4.69, 9.17) is 15.3 Å². The molecule has 0 radical (unpaired) electrons. The summed E-state index contributed by atoms with van der Waals surface area (Å²) in [6.07, 6.45) is 11.0. The molecule has 0 saturated heterocycles. The molecule has 2 fully saturated rings. The minimum atomic E-state index is -2.34. The van der Waals surface area contributed by atoms with Crippen LogP contribution in [0.15, 0.2) is 0 Å². The van der Waals surface area contributed by atoms with Gasteiger partial charge in [-0.15, -0.1) is 0 Å². The summed E-state index contributed by atoms with van der Waals surface area (Å²) in [5, 5.41) is 25.9. The van der Waals surface area contributed by atoms with Gasteiger partial charge >= 0.3 is 0 Å². The van der Waals surface area contributed by atoms with Gasteiger partial charge in [0.1, 0.15) is 92.4 Å². The monoisotopic (exact) mass is 1020 g/mol. The molecule has 71 heavy (non-hydrogen) atoms. The predicted octanol–water partition coefficient (Wildman–Crippen LogP) is 8.81. The van der Waals surface area contributed by atoms with Crippen molar-refractivity contribution < 1.29 is 80.0 Å². The van der Waals surface area contributed by atoms with Gasteiger partial charge in [-0.05, 0) is 133 Å². The largest absolute Gasteiger partial charge is 0.391 e. The lowest BCUT2D eigenvalue weighted by Crippen LogP contribution is -2.57. The number of aldehydes is 12. The Balaban J connectivity index is -0.000000116. The highest BCUT2D eigenvalue weighted by Gasteiger charge is 2.62. The predicted molar refractivity (Wildman–Crippen MR) is 285 cm³/mol. The van der Waals surface area contributed by atoms with Crippen molar-refractivity contribution in [1.29, 1.82) is 0 Å². The van der Waals surface area contributed by atoms with Crippen LogP contribution in [0, 0.1) is 91.7 Å². The van der Waals surface area contributed by atoms with Crippen molar-refractivity contribution in [2.45, 2.75) is 188 Å². The van der Waals surface area contributed by atoms with Gasteiger partial charge in [0.15, 0.2) is 0 Å². The summed E-state index contributed by atoms with van der Waals surface area (Å²) in [5.41, 5.74) is -13.0. The van der Waals surface area contributed by atoms with E-state index >= 15 is 0 Å². The number of aliphatic hydroxyl groups excluding tert-OH is 3. The highest BCUT2D eigenvalue weighted by atomic mass is 16.4. The topological polar surface area (TPSA) is 266 Å². The van der Waals surface area contributed by atoms with Crippen LogP contribution in [0.25, 0.3) is 0 Å². The first-order valence-corrected chi connectivity index (χ1v) is 24.7. The zero-order valence-electron chi connectivity index (χ0n) is 44.0. The first kappa shape index (κ1) is 73.5. The van der Waals surface area contributed by atoms with Crippen molar-refractivity contribution in [3.8, 4) is 0 Å². The van der Waals surface area contributed by atoms with Crippen molar-refractivity contribution in [3.63, 3.8) is 0 Å². The van der Waals surface area contributed by atoms with E-state index < -0.39 is 50.8 Å². The number of hydrogen-bond donors (Lipinski definition) is 3. The first-order chi connectivity index (χ1) is 32.1. The Morgan fingerprint density at radius 2 is 0.676 bits per heavy atom. The summed E-state index contributed by atoms with van der Waals surface area (Å²) in [6, 6.07) is 0. The fourth-order valence-corrected chi connectivity index (χ4v) is 11.2. The molecule has 2 saturated carbocycles. The number of carbonyl (C=O) groups excluding carboxylic acids is 12. The summed E-state index contributed by atoms with van der Waals surface area (Å²) in [5.74, 6) is 9.51. The van der Waals surface area contributed by atoms with Gasteiger partial charge in [0.25, 0.3) is 0 Å². The zero-order valence-corrected chi connectivity index (χ0v) is 44.0. The molecule has 2 bridgehead atoms. The van der Waals surface area contributed by atoms with Crippen LogP contribution < -0.4 is 0 Å². The average Bonchev–Trinajstić information content (AvgIpc) is 3.34. The van der Waals surface area contributed by atoms with Crippen LogP contribution in [0.3, 0.4) is 0 Å². The fraction of sp³-hybridized carbons (Fsp3) is 0.786. The van der Waals surface area contributed by atoms with Crippen LogP contribution in [-0.4, -0.2) is 109 Å². The molecule has 0 aromatic rings. The average molecular weight is 1020 g/mol. The smallest absolute Gasteiger partial charge is 0.136 e. The summed E-state index contributed by atoms with van der Waals surface area (Å²) in [4.78, 5) is 132. The Kier molecular flexibility index (Phi) is 34.0. The Labute approximate surface area is 434 Å². The Bertz CT molecular complexity index is 1480. The Morgan fingerprint density at radius 3 is 0.831 bits per heavy atom. The van der Waals surface area contributed by atoms with E-state index in [-0.39, 0.29) is 97.4 Å². The van der Waals surface area contributed by atoms with E-state index in [1.165, 1.54) is 65.2 Å². The normalized spacial score (nSPS) is 24.8. The highest BCUT2D eigenvalue weighted by Crippen LogP contribution is 2.53. The van der Waals surface area contributed by atoms with Gasteiger partial charge in [0, 0.05) is 7.13 Å². The quantitative estimate of drug-likeness (QED) is 0.0602. The molecular formula is C56H106O15. The lowest BCUT2D eigenvalue weighted by Gasteiger charge is -2.50. The van der Waals surface area contributed by atoms with E-state index in [0.29, 0.717) is 0 Å². The third-order valence-corrected chi connectivity index (χ3v) is 16.6. The summed E-state index contributed by atoms with van der Waals surface area (Å²) in [6.45, 7) is 27.1. The van der Waals surface area contributed by atoms with Crippen LogP contribution in [-0.2, 0) is 57.5 Å². The van der Waals surface area contributed by atoms with E-state index in [0.717, 1.165) is 86.9 Å². The molecule has 420 valence electrons. The van der Waals surface area contributed by atoms with Gasteiger partial charge in [0.2, 0.25) is 0 Å². The van der Waals surface area contributed by atoms with Crippen molar-refractivity contribution >= 4 is 75.4 Å². The minimum absolute atomic E-state index is 0. The molecule has 2 rings (SSSR count). The van der Waals surface area contributed by atoms with Crippen molar-refractivity contribution in [3.05, 3.63) is 0 Å². The lowest BCUT2D eigenvalue weighted by atomic mass is 9.54. The number of carbonyl (C=O) groups is 12. The lowest BCUT2D eigenvalue weighted by molar-refractivity contribution is -0.160. The Morgan fingerprint density at radius 1 is 0.437 bits per heavy atom. The van der Waals surface area contributed by atoms with Gasteiger partial charge in [-0.25, -0.2) is 0 Å². The first-order valence-electron chi connectivity index (χ1n) is 24.7. The second-order valence-corrected chi connectivity index (χ2v) is 21.4. The molecular weight excluding hydrogens is 913 g/mol. The SMILES string of the molecule is C.C.CC(C=O)(C=O)C(C=O)(C=O)C(C)(C=O)C=O.CC(C=O)(C=O)C(C=O)(C=O)C(C)(C=O)C=O.CC(O)C(O)C(C)O.CCC(C)C1CC(C)CC2CC(C)CC(C(C)CC)C(CC)C(C2)C1CC.[2HH].[2HH].[2HH].[2HH].[2HH]. The van der Waals surface area contributed by atoms with Gasteiger partial charge in [0.05, 0.1) is 33.9 Å². The van der Waals surface area contributed by atoms with Gasteiger partial charge in [-0.3, -0.25) is 0 Å². The number of rotatable bonds is 24. The minimum Gasteiger partial charge on any atom is -0.391 e. The molecule has 0 aromatic heterocycles. The van der Waals surface area contributed by atoms with Crippen LogP contribution in [0.4, 0.5) is 0 Å². The molecule has 10 unspecified atom stereocenters. The van der Waals surface area contributed by atoms with E-state index in [2.05, 4.69) is 55.4 Å². The second kappa shape index (κ2) is 32.9. The van der Waals surface area contributed by atoms with E-state index in [1.54, 1.807) is 6.42 Å². The maximum Gasteiger partial charge on any atom is 0.136 e. The third-order valence-electron chi connectivity index (χ3n) is 16.6. The van der Waals surface area contributed by atoms with Crippen molar-refractivity contribution in [2.75, 3.05) is 0 Å². The standard InChI is InChI=1S/C27H52.2C11H12O6.C5H12O3.2CH4.5H2/c1-9-20(7)25-15-18(5)13-22-14-19(6)16-26(21(8)10-2)24(12-4)27(17-22)23(25)11-3;2*1-9(3-12,4-13)11(7-16,8-17)10(2,5-14)6-15;1-3(6)5(8)4(2)7;;;;;;;/h18-27H,9-17H2,1-8H3;2*3-8H,1-2H3;3-8H,1-2H3;2*1H4;5*1H/i;;;;;;5*1+1. The highest BCUT2D eigenvalue weighted by molar-refractivity contribution is 6.08. The molecule has 15 nitrogen and oxygen atoms in total. The van der Waals surface area contributed by atoms with Crippen LogP contribution in [0.1, 0.15) is 177 Å². The molecule has 15 heteroatoms. The molecule has 2 aliphatic rings. The fourth-order valence-electron chi connectivity index (χ4n) is 11.2. The summed E-state index contributed by atoms with van der Waals surface area (Å²) < 4.78 is 0. The van der Waals surface area contributed by atoms with Crippen molar-refractivity contribution in [1.82, 2.24) is 0 Å². The molecule has 2 aliphatic carbocycles. The summed E-state index contributed by atoms with van der Waals surface area (Å²) >= 11 is 0. The summed E-state index contributed by atoms with van der Waals surface area (Å²) in [7, 11) is 0. The van der Waals surface area contributed by atoms with Crippen LogP contribution in [0.2, 0.25) is 0 Å². The van der Waals surface area contributed by atoms with Crippen molar-refractivity contribution in [2.24, 2.45) is 91.7 Å². The second-order valence-electron chi connectivity index (χ2n) is 21.4. The van der Waals surface area contributed by atoms with Gasteiger partial charge in [-0.1, -0.05) is 95.9 Å². The molecule has 10 atom stereocenters. The van der Waals surface area contributed by atoms with E-state index in [9.17, 15) is 57.5 Å². The zero-order chi connectivity index (χ0) is 54.4. The van der Waals surface area contributed by atoms with Crippen LogP contribution in [0.5, 0.6) is 0 Å². The molecule has 0 aliphatic heterocycles. The molecule has 0 heterocycles. The van der Waals surface area contributed by atoms with Gasteiger partial charge in [-0.2, -0.15) is 0 Å². The van der Waals surface area contributed by atoms with Gasteiger partial charge < -0.3 is 72.9 Å². The van der Waals surface area contributed by atoms with E-state index in [1.807, 2.05) is 0 Å². The molecule has 0 amide bonds. The third kappa shape index (κ3) is 16.5. The molecule has 0 aromatic carbocycles. The number of fused-ring (bicyclic) bond motifs is 2. The number of aliphatic hydroxyl groups is 3. The number of hydrogen-bond acceptors (Lipinski definition) is 15. The Hall–Kier alpha value is -4.08. The maximum absolute atomic E-state index is 11.1. The molecule has 3 N–H and O–H groups in total. The maximum atomic E-state index is 11.1. The van der Waals surface area contributed by atoms with Crippen LogP contribution >= 0.6 is 0 Å². The molecule has 0 spiro atoms.